The molecular weight excluding hydrogens is 355 g/mol. The molecule has 0 fully saturated rings. The number of benzene rings is 1. The van der Waals surface area contributed by atoms with Crippen molar-refractivity contribution in [1.29, 1.82) is 0 Å². The molecule has 112 valence electrons. The zero-order valence-corrected chi connectivity index (χ0v) is 14.1. The number of hydrogen-bond acceptors (Lipinski definition) is 2. The summed E-state index contributed by atoms with van der Waals surface area (Å²) >= 11 is 9.36. The maximum atomic E-state index is 13.4. The van der Waals surface area contributed by atoms with E-state index in [2.05, 4.69) is 33.2 Å². The first-order chi connectivity index (χ1) is 10.1. The molecule has 0 aliphatic carbocycles. The van der Waals surface area contributed by atoms with Crippen molar-refractivity contribution in [3.63, 3.8) is 0 Å². The van der Waals surface area contributed by atoms with Crippen LogP contribution >= 0.6 is 27.5 Å². The van der Waals surface area contributed by atoms with Crippen LogP contribution in [-0.2, 0) is 6.42 Å². The highest BCUT2D eigenvalue weighted by Crippen LogP contribution is 2.24. The highest BCUT2D eigenvalue weighted by Gasteiger charge is 2.15. The fourth-order valence-electron chi connectivity index (χ4n) is 2.11. The largest absolute Gasteiger partial charge is 0.308 e. The Morgan fingerprint density at radius 3 is 2.81 bits per heavy atom. The van der Waals surface area contributed by atoms with Crippen LogP contribution in [0.2, 0.25) is 5.02 Å². The Kier molecular flexibility index (Phi) is 6.15. The molecule has 0 aliphatic rings. The highest BCUT2D eigenvalue weighted by atomic mass is 79.9. The summed E-state index contributed by atoms with van der Waals surface area (Å²) in [5, 5.41) is 4.06. The molecule has 5 heteroatoms. The van der Waals surface area contributed by atoms with E-state index in [0.717, 1.165) is 28.7 Å². The summed E-state index contributed by atoms with van der Waals surface area (Å²) in [5.74, 6) is -0.230. The molecule has 0 aliphatic heterocycles. The Hall–Kier alpha value is -0.970. The zero-order chi connectivity index (χ0) is 15.2. The van der Waals surface area contributed by atoms with Gasteiger partial charge in [0, 0.05) is 10.7 Å². The van der Waals surface area contributed by atoms with Gasteiger partial charge in [0.15, 0.2) is 0 Å². The van der Waals surface area contributed by atoms with Crippen LogP contribution in [0.1, 0.15) is 30.6 Å². The van der Waals surface area contributed by atoms with E-state index in [1.165, 1.54) is 6.07 Å². The molecule has 1 atom stereocenters. The van der Waals surface area contributed by atoms with E-state index >= 15 is 0 Å². The first-order valence-electron chi connectivity index (χ1n) is 6.89. The first-order valence-corrected chi connectivity index (χ1v) is 8.06. The molecule has 0 bridgehead atoms. The van der Waals surface area contributed by atoms with Crippen LogP contribution < -0.4 is 5.32 Å². The number of hydrogen-bond donors (Lipinski definition) is 1. The van der Waals surface area contributed by atoms with Crippen LogP contribution in [-0.4, -0.2) is 11.5 Å². The molecular formula is C16H17BrClFN2. The van der Waals surface area contributed by atoms with Gasteiger partial charge in [0.2, 0.25) is 0 Å². The standard InChI is InChI=1S/C16H17BrClFN2/c1-2-7-20-16(15-6-3-12(18)10-21-15)9-11-8-13(19)4-5-14(11)17/h3-6,8,10,16,20H,2,7,9H2,1H3. The molecule has 1 heterocycles. The van der Waals surface area contributed by atoms with Gasteiger partial charge in [-0.05, 0) is 55.3 Å². The molecule has 2 nitrogen and oxygen atoms in total. The molecule has 1 aromatic carbocycles. The lowest BCUT2D eigenvalue weighted by Crippen LogP contribution is -2.25. The summed E-state index contributed by atoms with van der Waals surface area (Å²) in [4.78, 5) is 4.38. The third kappa shape index (κ3) is 4.77. The number of halogens is 3. The summed E-state index contributed by atoms with van der Waals surface area (Å²) in [6.45, 7) is 2.99. The smallest absolute Gasteiger partial charge is 0.123 e. The van der Waals surface area contributed by atoms with Gasteiger partial charge >= 0.3 is 0 Å². The van der Waals surface area contributed by atoms with Gasteiger partial charge in [-0.2, -0.15) is 0 Å². The molecule has 0 saturated heterocycles. The fourth-order valence-corrected chi connectivity index (χ4v) is 2.63. The van der Waals surface area contributed by atoms with Crippen LogP contribution in [0, 0.1) is 5.82 Å². The number of nitrogens with zero attached hydrogens (tertiary/aromatic N) is 1. The summed E-state index contributed by atoms with van der Waals surface area (Å²) in [5.41, 5.74) is 1.82. The average Bonchev–Trinajstić information content (AvgIpc) is 2.48. The van der Waals surface area contributed by atoms with Crippen molar-refractivity contribution in [2.24, 2.45) is 0 Å². The third-order valence-electron chi connectivity index (χ3n) is 3.18. The van der Waals surface area contributed by atoms with Gasteiger partial charge in [-0.15, -0.1) is 0 Å². The Morgan fingerprint density at radius 2 is 2.14 bits per heavy atom. The second-order valence-electron chi connectivity index (χ2n) is 4.85. The van der Waals surface area contributed by atoms with Crippen molar-refractivity contribution < 1.29 is 4.39 Å². The van der Waals surface area contributed by atoms with Gasteiger partial charge in [-0.25, -0.2) is 4.39 Å². The van der Waals surface area contributed by atoms with E-state index in [4.69, 9.17) is 11.6 Å². The number of nitrogens with one attached hydrogen (secondary N) is 1. The van der Waals surface area contributed by atoms with Crippen LogP contribution in [0.3, 0.4) is 0 Å². The second-order valence-corrected chi connectivity index (χ2v) is 6.14. The normalized spacial score (nSPS) is 12.4. The van der Waals surface area contributed by atoms with Crippen molar-refractivity contribution in [3.8, 4) is 0 Å². The molecule has 0 saturated carbocycles. The molecule has 2 rings (SSSR count). The molecule has 2 aromatic rings. The Balaban J connectivity index is 2.23. The van der Waals surface area contributed by atoms with Gasteiger partial charge in [-0.1, -0.05) is 34.5 Å². The minimum Gasteiger partial charge on any atom is -0.308 e. The zero-order valence-electron chi connectivity index (χ0n) is 11.7. The lowest BCUT2D eigenvalue weighted by Gasteiger charge is -2.19. The van der Waals surface area contributed by atoms with Crippen LogP contribution in [0.25, 0.3) is 0 Å². The van der Waals surface area contributed by atoms with Crippen molar-refractivity contribution in [2.75, 3.05) is 6.54 Å². The Labute approximate surface area is 137 Å². The van der Waals surface area contributed by atoms with Crippen molar-refractivity contribution >= 4 is 27.5 Å². The molecule has 1 N–H and O–H groups in total. The van der Waals surface area contributed by atoms with Crippen LogP contribution in [0.5, 0.6) is 0 Å². The lowest BCUT2D eigenvalue weighted by molar-refractivity contribution is 0.515. The summed E-state index contributed by atoms with van der Waals surface area (Å²) in [7, 11) is 0. The Bertz CT molecular complexity index is 589. The molecule has 0 spiro atoms. The second kappa shape index (κ2) is 7.87. The quantitative estimate of drug-likeness (QED) is 0.779. The predicted octanol–water partition coefficient (Wildman–Crippen LogP) is 4.92. The van der Waals surface area contributed by atoms with Crippen LogP contribution in [0.15, 0.2) is 41.0 Å². The van der Waals surface area contributed by atoms with E-state index in [1.807, 2.05) is 12.1 Å². The Morgan fingerprint density at radius 1 is 1.33 bits per heavy atom. The molecule has 0 amide bonds. The van der Waals surface area contributed by atoms with E-state index in [0.29, 0.717) is 11.4 Å². The third-order valence-corrected chi connectivity index (χ3v) is 4.18. The summed E-state index contributed by atoms with van der Waals surface area (Å²) < 4.78 is 14.3. The van der Waals surface area contributed by atoms with E-state index in [-0.39, 0.29) is 11.9 Å². The number of pyridine rings is 1. The number of aromatic nitrogens is 1. The van der Waals surface area contributed by atoms with Crippen molar-refractivity contribution in [3.05, 3.63) is 63.1 Å². The van der Waals surface area contributed by atoms with Gasteiger partial charge in [0.1, 0.15) is 5.82 Å². The molecule has 21 heavy (non-hydrogen) atoms. The summed E-state index contributed by atoms with van der Waals surface area (Å²) in [6, 6.07) is 8.49. The SMILES string of the molecule is CCCNC(Cc1cc(F)ccc1Br)c1ccc(Cl)cn1. The first kappa shape index (κ1) is 16.4. The molecule has 1 unspecified atom stereocenters. The predicted molar refractivity (Wildman–Crippen MR) is 88.1 cm³/mol. The van der Waals surface area contributed by atoms with Crippen LogP contribution in [0.4, 0.5) is 4.39 Å². The van der Waals surface area contributed by atoms with E-state index < -0.39 is 0 Å². The monoisotopic (exact) mass is 370 g/mol. The van der Waals surface area contributed by atoms with Gasteiger partial charge in [-0.3, -0.25) is 4.98 Å². The van der Waals surface area contributed by atoms with Gasteiger partial charge in [0.05, 0.1) is 16.8 Å². The molecule has 1 aromatic heterocycles. The van der Waals surface area contributed by atoms with Gasteiger partial charge in [0.25, 0.3) is 0 Å². The van der Waals surface area contributed by atoms with Crippen molar-refractivity contribution in [1.82, 2.24) is 10.3 Å². The van der Waals surface area contributed by atoms with Gasteiger partial charge < -0.3 is 5.32 Å². The maximum absolute atomic E-state index is 13.4. The van der Waals surface area contributed by atoms with E-state index in [9.17, 15) is 4.39 Å². The minimum absolute atomic E-state index is 0.0281. The fraction of sp³-hybridized carbons (Fsp3) is 0.312. The van der Waals surface area contributed by atoms with Crippen molar-refractivity contribution in [2.45, 2.75) is 25.8 Å². The molecule has 0 radical (unpaired) electrons. The lowest BCUT2D eigenvalue weighted by atomic mass is 10.0. The summed E-state index contributed by atoms with van der Waals surface area (Å²) in [6.07, 6.45) is 3.32. The minimum atomic E-state index is -0.230. The maximum Gasteiger partial charge on any atom is 0.123 e. The number of rotatable bonds is 6. The average molecular weight is 372 g/mol. The topological polar surface area (TPSA) is 24.9 Å². The highest BCUT2D eigenvalue weighted by molar-refractivity contribution is 9.10. The van der Waals surface area contributed by atoms with E-state index in [1.54, 1.807) is 18.3 Å².